The van der Waals surface area contributed by atoms with Gasteiger partial charge in [-0.2, -0.15) is 0 Å². The topological polar surface area (TPSA) is 29.3 Å². The first kappa shape index (κ1) is 13.0. The number of nitrogens with zero attached hydrogens (tertiary/aromatic N) is 1. The Kier molecular flexibility index (Phi) is 4.17. The Morgan fingerprint density at radius 3 is 2.82 bits per heavy atom. The molecule has 2 N–H and O–H groups in total. The van der Waals surface area contributed by atoms with Gasteiger partial charge in [-0.3, -0.25) is 4.90 Å². The number of thiophene rings is 1. The molecule has 94 valence electrons. The molecule has 0 spiro atoms. The van der Waals surface area contributed by atoms with Gasteiger partial charge in [-0.05, 0) is 36.2 Å². The summed E-state index contributed by atoms with van der Waals surface area (Å²) in [5, 5.41) is 2.14. The molecule has 2 rings (SSSR count). The number of hydrogen-bond donors (Lipinski definition) is 1. The Labute approximate surface area is 113 Å². The Bertz CT molecular complexity index is 369. The highest BCUT2D eigenvalue weighted by Crippen LogP contribution is 2.49. The van der Waals surface area contributed by atoms with E-state index in [1.54, 1.807) is 0 Å². The lowest BCUT2D eigenvalue weighted by Gasteiger charge is -2.25. The van der Waals surface area contributed by atoms with E-state index in [-0.39, 0.29) is 0 Å². The molecule has 1 fully saturated rings. The molecular weight excluding hydrogens is 248 g/mol. The van der Waals surface area contributed by atoms with E-state index in [9.17, 15) is 0 Å². The highest BCUT2D eigenvalue weighted by Gasteiger charge is 2.43. The summed E-state index contributed by atoms with van der Waals surface area (Å²) < 4.78 is 0. The van der Waals surface area contributed by atoms with Gasteiger partial charge in [-0.25, -0.2) is 0 Å². The van der Waals surface area contributed by atoms with Crippen LogP contribution in [0.15, 0.2) is 17.5 Å². The van der Waals surface area contributed by atoms with Crippen molar-refractivity contribution in [1.82, 2.24) is 4.90 Å². The second-order valence-corrected chi connectivity index (χ2v) is 6.58. The normalized spacial score (nSPS) is 17.3. The van der Waals surface area contributed by atoms with Gasteiger partial charge < -0.3 is 5.73 Å². The molecule has 0 saturated heterocycles. The van der Waals surface area contributed by atoms with Crippen molar-refractivity contribution in [2.24, 2.45) is 11.1 Å². The van der Waals surface area contributed by atoms with Crippen molar-refractivity contribution in [2.45, 2.75) is 32.7 Å². The van der Waals surface area contributed by atoms with Crippen molar-refractivity contribution in [2.75, 3.05) is 13.1 Å². The summed E-state index contributed by atoms with van der Waals surface area (Å²) in [5.74, 6) is 0. The van der Waals surface area contributed by atoms with Crippen LogP contribution in [0.1, 0.15) is 31.1 Å². The molecule has 1 saturated carbocycles. The largest absolute Gasteiger partial charge is 0.393 e. The van der Waals surface area contributed by atoms with Gasteiger partial charge in [0.2, 0.25) is 0 Å². The highest BCUT2D eigenvalue weighted by atomic mass is 32.1. The van der Waals surface area contributed by atoms with Crippen LogP contribution >= 0.6 is 23.6 Å². The smallest absolute Gasteiger partial charge is 0.0733 e. The zero-order valence-corrected chi connectivity index (χ0v) is 11.9. The molecule has 1 aromatic rings. The van der Waals surface area contributed by atoms with Gasteiger partial charge in [-0.1, -0.05) is 25.2 Å². The summed E-state index contributed by atoms with van der Waals surface area (Å²) in [6, 6.07) is 4.33. The van der Waals surface area contributed by atoms with E-state index in [1.807, 2.05) is 11.3 Å². The molecule has 0 radical (unpaired) electrons. The maximum Gasteiger partial charge on any atom is 0.0733 e. The fourth-order valence-corrected chi connectivity index (χ4v) is 3.37. The second kappa shape index (κ2) is 5.46. The molecule has 0 amide bonds. The van der Waals surface area contributed by atoms with E-state index in [4.69, 9.17) is 18.0 Å². The van der Waals surface area contributed by atoms with E-state index in [2.05, 4.69) is 29.3 Å². The van der Waals surface area contributed by atoms with E-state index < -0.39 is 0 Å². The fraction of sp³-hybridized carbons (Fsp3) is 0.615. The van der Waals surface area contributed by atoms with Crippen molar-refractivity contribution in [3.8, 4) is 0 Å². The summed E-state index contributed by atoms with van der Waals surface area (Å²) in [6.45, 7) is 5.52. The lowest BCUT2D eigenvalue weighted by molar-refractivity contribution is 0.226. The first-order chi connectivity index (χ1) is 8.13. The predicted molar refractivity (Wildman–Crippen MR) is 78.3 cm³/mol. The van der Waals surface area contributed by atoms with Crippen molar-refractivity contribution in [3.63, 3.8) is 0 Å². The monoisotopic (exact) mass is 268 g/mol. The third kappa shape index (κ3) is 3.76. The Morgan fingerprint density at radius 2 is 2.35 bits per heavy atom. The van der Waals surface area contributed by atoms with Crippen LogP contribution in [0.25, 0.3) is 0 Å². The maximum atomic E-state index is 5.69. The fourth-order valence-electron chi connectivity index (χ4n) is 2.31. The van der Waals surface area contributed by atoms with E-state index in [1.165, 1.54) is 17.7 Å². The summed E-state index contributed by atoms with van der Waals surface area (Å²) >= 11 is 6.88. The van der Waals surface area contributed by atoms with Crippen LogP contribution in [0.5, 0.6) is 0 Å². The summed E-state index contributed by atoms with van der Waals surface area (Å²) in [5.41, 5.74) is 6.09. The molecule has 0 atom stereocenters. The van der Waals surface area contributed by atoms with Gasteiger partial charge >= 0.3 is 0 Å². The highest BCUT2D eigenvalue weighted by molar-refractivity contribution is 7.80. The Balaban J connectivity index is 1.89. The average molecular weight is 268 g/mol. The van der Waals surface area contributed by atoms with Crippen molar-refractivity contribution < 1.29 is 0 Å². The van der Waals surface area contributed by atoms with Crippen molar-refractivity contribution in [1.29, 1.82) is 0 Å². The molecule has 1 aliphatic carbocycles. The van der Waals surface area contributed by atoms with Gasteiger partial charge in [-0.15, -0.1) is 11.3 Å². The van der Waals surface area contributed by atoms with Gasteiger partial charge in [0, 0.05) is 24.4 Å². The average Bonchev–Trinajstić information content (AvgIpc) is 2.81. The third-order valence-corrected chi connectivity index (χ3v) is 4.48. The van der Waals surface area contributed by atoms with E-state index in [0.717, 1.165) is 26.1 Å². The van der Waals surface area contributed by atoms with E-state index in [0.29, 0.717) is 10.4 Å². The number of hydrogen-bond acceptors (Lipinski definition) is 3. The number of rotatable bonds is 7. The quantitative estimate of drug-likeness (QED) is 0.771. The van der Waals surface area contributed by atoms with Crippen molar-refractivity contribution >= 4 is 28.5 Å². The summed E-state index contributed by atoms with van der Waals surface area (Å²) in [4.78, 5) is 4.63. The van der Waals surface area contributed by atoms with Gasteiger partial charge in [0.05, 0.1) is 4.99 Å². The zero-order chi connectivity index (χ0) is 12.3. The minimum absolute atomic E-state index is 0.402. The minimum Gasteiger partial charge on any atom is -0.393 e. The molecule has 4 heteroatoms. The first-order valence-electron chi connectivity index (χ1n) is 6.17. The number of thiocarbonyl (C=S) groups is 1. The summed E-state index contributed by atoms with van der Waals surface area (Å²) in [7, 11) is 0. The zero-order valence-electron chi connectivity index (χ0n) is 10.3. The van der Waals surface area contributed by atoms with Crippen LogP contribution in [0.4, 0.5) is 0 Å². The third-order valence-electron chi connectivity index (χ3n) is 3.47. The molecular formula is C13H20N2S2. The molecule has 1 aromatic heterocycles. The standard InChI is InChI=1S/C13H20N2S2/c1-2-15(9-11-4-3-7-17-11)10-13(5-6-13)8-12(14)16/h3-4,7H,2,5-6,8-10H2,1H3,(H2,14,16). The van der Waals surface area contributed by atoms with Gasteiger partial charge in [0.25, 0.3) is 0 Å². The van der Waals surface area contributed by atoms with Crippen molar-refractivity contribution in [3.05, 3.63) is 22.4 Å². The lowest BCUT2D eigenvalue weighted by Crippen LogP contribution is -2.31. The number of nitrogens with two attached hydrogens (primary N) is 1. The Hall–Kier alpha value is -0.450. The van der Waals surface area contributed by atoms with Gasteiger partial charge in [0.15, 0.2) is 0 Å². The molecule has 0 aromatic carbocycles. The molecule has 0 bridgehead atoms. The van der Waals surface area contributed by atoms with Crippen LogP contribution in [-0.4, -0.2) is 23.0 Å². The van der Waals surface area contributed by atoms with E-state index >= 15 is 0 Å². The first-order valence-corrected chi connectivity index (χ1v) is 7.45. The predicted octanol–water partition coefficient (Wildman–Crippen LogP) is 3.03. The second-order valence-electron chi connectivity index (χ2n) is 5.03. The molecule has 2 nitrogen and oxygen atoms in total. The maximum absolute atomic E-state index is 5.69. The molecule has 1 heterocycles. The lowest BCUT2D eigenvalue weighted by atomic mass is 10.0. The van der Waals surface area contributed by atoms with Crippen LogP contribution in [0, 0.1) is 5.41 Å². The SMILES string of the molecule is CCN(Cc1cccs1)CC1(CC(N)=S)CC1. The van der Waals surface area contributed by atoms with Crippen LogP contribution in [-0.2, 0) is 6.54 Å². The molecule has 17 heavy (non-hydrogen) atoms. The minimum atomic E-state index is 0.402. The Morgan fingerprint density at radius 1 is 1.59 bits per heavy atom. The summed E-state index contributed by atoms with van der Waals surface area (Å²) in [6.07, 6.45) is 3.49. The van der Waals surface area contributed by atoms with Crippen LogP contribution in [0.2, 0.25) is 0 Å². The molecule has 1 aliphatic rings. The van der Waals surface area contributed by atoms with Crippen LogP contribution in [0.3, 0.4) is 0 Å². The van der Waals surface area contributed by atoms with Crippen LogP contribution < -0.4 is 5.73 Å². The molecule has 0 aliphatic heterocycles. The molecule has 0 unspecified atom stereocenters. The van der Waals surface area contributed by atoms with Gasteiger partial charge in [0.1, 0.15) is 0 Å².